The van der Waals surface area contributed by atoms with E-state index in [1.807, 2.05) is 11.8 Å². The second-order valence-electron chi connectivity index (χ2n) is 5.74. The van der Waals surface area contributed by atoms with Gasteiger partial charge in [-0.3, -0.25) is 9.69 Å². The van der Waals surface area contributed by atoms with Gasteiger partial charge in [-0.1, -0.05) is 18.5 Å². The minimum absolute atomic E-state index is 0.0112. The van der Waals surface area contributed by atoms with Gasteiger partial charge >= 0.3 is 0 Å². The molecule has 2 atom stereocenters. The van der Waals surface area contributed by atoms with Gasteiger partial charge < -0.3 is 20.6 Å². The van der Waals surface area contributed by atoms with Crippen molar-refractivity contribution in [1.82, 2.24) is 9.80 Å². The lowest BCUT2D eigenvalue weighted by Gasteiger charge is -2.32. The van der Waals surface area contributed by atoms with E-state index in [-0.39, 0.29) is 11.7 Å². The molecule has 0 aliphatic carbocycles. The van der Waals surface area contributed by atoms with Gasteiger partial charge in [-0.2, -0.15) is 0 Å². The van der Waals surface area contributed by atoms with E-state index < -0.39 is 5.92 Å². The molecule has 2 unspecified atom stereocenters. The van der Waals surface area contributed by atoms with E-state index in [2.05, 4.69) is 10.1 Å². The van der Waals surface area contributed by atoms with Crippen molar-refractivity contribution in [3.63, 3.8) is 0 Å². The van der Waals surface area contributed by atoms with E-state index in [0.29, 0.717) is 12.5 Å². The highest BCUT2D eigenvalue weighted by molar-refractivity contribution is 6.02. The number of oxime groups is 1. The van der Waals surface area contributed by atoms with Crippen molar-refractivity contribution in [2.75, 3.05) is 39.4 Å². The van der Waals surface area contributed by atoms with Crippen molar-refractivity contribution in [2.24, 2.45) is 16.8 Å². The first-order valence-electron chi connectivity index (χ1n) is 7.75. The second-order valence-corrected chi connectivity index (χ2v) is 5.74. The Labute approximate surface area is 125 Å². The minimum Gasteiger partial charge on any atom is -0.409 e. The van der Waals surface area contributed by atoms with Crippen LogP contribution in [0.1, 0.15) is 26.2 Å². The number of hydrogen-bond donors (Lipinski definition) is 2. The van der Waals surface area contributed by atoms with E-state index in [4.69, 9.17) is 15.7 Å². The molecule has 0 radical (unpaired) electrons. The van der Waals surface area contributed by atoms with E-state index in [9.17, 15) is 4.79 Å². The van der Waals surface area contributed by atoms with Gasteiger partial charge in [0.25, 0.3) is 0 Å². The van der Waals surface area contributed by atoms with Crippen molar-refractivity contribution < 1.29 is 14.7 Å². The molecule has 0 saturated carbocycles. The van der Waals surface area contributed by atoms with Crippen molar-refractivity contribution in [1.29, 1.82) is 0 Å². The van der Waals surface area contributed by atoms with Gasteiger partial charge in [0.1, 0.15) is 0 Å². The fourth-order valence-electron chi connectivity index (χ4n) is 3.16. The Kier molecular flexibility index (Phi) is 5.81. The quantitative estimate of drug-likeness (QED) is 0.325. The van der Waals surface area contributed by atoms with Crippen LogP contribution >= 0.6 is 0 Å². The van der Waals surface area contributed by atoms with Crippen molar-refractivity contribution in [2.45, 2.75) is 32.2 Å². The van der Waals surface area contributed by atoms with Gasteiger partial charge in [0.2, 0.25) is 5.91 Å². The highest BCUT2D eigenvalue weighted by Crippen LogP contribution is 2.20. The first-order chi connectivity index (χ1) is 10.2. The number of hydrogen-bond acceptors (Lipinski definition) is 5. The summed E-state index contributed by atoms with van der Waals surface area (Å²) in [7, 11) is 0. The Morgan fingerprint density at radius 1 is 1.43 bits per heavy atom. The topological polar surface area (TPSA) is 91.4 Å². The molecule has 0 bridgehead atoms. The average Bonchev–Trinajstić information content (AvgIpc) is 3.02. The molecule has 0 spiro atoms. The van der Waals surface area contributed by atoms with Crippen LogP contribution in [0.15, 0.2) is 5.16 Å². The van der Waals surface area contributed by atoms with Crippen LogP contribution in [0.4, 0.5) is 0 Å². The number of amides is 1. The van der Waals surface area contributed by atoms with Crippen LogP contribution in [0.5, 0.6) is 0 Å². The first kappa shape index (κ1) is 16.0. The summed E-state index contributed by atoms with van der Waals surface area (Å²) in [6.07, 6.45) is 2.43. The summed E-state index contributed by atoms with van der Waals surface area (Å²) in [4.78, 5) is 16.8. The molecule has 2 aliphatic rings. The number of morpholine rings is 1. The Balaban J connectivity index is 1.93. The molecule has 0 aromatic rings. The lowest BCUT2D eigenvalue weighted by Crippen LogP contribution is -2.46. The first-order valence-corrected chi connectivity index (χ1v) is 7.75. The lowest BCUT2D eigenvalue weighted by molar-refractivity contribution is -0.132. The Morgan fingerprint density at radius 3 is 2.76 bits per heavy atom. The molecule has 120 valence electrons. The standard InChI is InChI=1S/C14H26N4O3/c1-2-3-12(13(15)16-20)14(19)18-5-4-11(10-18)17-6-8-21-9-7-17/h11-12,20H,2-10H2,1H3,(H2,15,16). The number of carbonyl (C=O) groups is 1. The van der Waals surface area contributed by atoms with Crippen molar-refractivity contribution >= 4 is 11.7 Å². The molecule has 0 aromatic heterocycles. The minimum atomic E-state index is -0.497. The maximum atomic E-state index is 12.6. The predicted octanol–water partition coefficient (Wildman–Crippen LogP) is 0.0822. The predicted molar refractivity (Wildman–Crippen MR) is 79.2 cm³/mol. The number of ether oxygens (including phenoxy) is 1. The number of nitrogens with two attached hydrogens (primary N) is 1. The van der Waals surface area contributed by atoms with E-state index >= 15 is 0 Å². The molecule has 1 amide bonds. The number of likely N-dealkylation sites (tertiary alicyclic amines) is 1. The smallest absolute Gasteiger partial charge is 0.233 e. The molecule has 3 N–H and O–H groups in total. The monoisotopic (exact) mass is 298 g/mol. The van der Waals surface area contributed by atoms with Crippen LogP contribution in [0.25, 0.3) is 0 Å². The SMILES string of the molecule is CCCC(C(=O)N1CCC(N2CCOCC2)C1)C(N)=NO. The highest BCUT2D eigenvalue weighted by atomic mass is 16.5. The van der Waals surface area contributed by atoms with Crippen LogP contribution in [0, 0.1) is 5.92 Å². The van der Waals surface area contributed by atoms with Crippen LogP contribution < -0.4 is 5.73 Å². The Hall–Kier alpha value is -1.34. The third-order valence-corrected chi connectivity index (χ3v) is 4.39. The van der Waals surface area contributed by atoms with Crippen LogP contribution in [0.3, 0.4) is 0 Å². The summed E-state index contributed by atoms with van der Waals surface area (Å²) in [5.74, 6) is -0.483. The van der Waals surface area contributed by atoms with Gasteiger partial charge in [0.15, 0.2) is 5.84 Å². The molecule has 2 saturated heterocycles. The van der Waals surface area contributed by atoms with Crippen LogP contribution in [0.2, 0.25) is 0 Å². The summed E-state index contributed by atoms with van der Waals surface area (Å²) in [5.41, 5.74) is 5.67. The number of rotatable bonds is 5. The highest BCUT2D eigenvalue weighted by Gasteiger charge is 2.35. The zero-order chi connectivity index (χ0) is 15.2. The molecular formula is C14H26N4O3. The maximum absolute atomic E-state index is 12.6. The molecule has 7 heteroatoms. The average molecular weight is 298 g/mol. The second kappa shape index (κ2) is 7.61. The van der Waals surface area contributed by atoms with Gasteiger partial charge in [0, 0.05) is 32.2 Å². The van der Waals surface area contributed by atoms with Crippen LogP contribution in [-0.2, 0) is 9.53 Å². The fourth-order valence-corrected chi connectivity index (χ4v) is 3.16. The molecule has 2 rings (SSSR count). The van der Waals surface area contributed by atoms with Crippen LogP contribution in [-0.4, -0.2) is 72.2 Å². The molecule has 2 heterocycles. The van der Waals surface area contributed by atoms with E-state index in [1.54, 1.807) is 0 Å². The number of carbonyl (C=O) groups excluding carboxylic acids is 1. The number of amidine groups is 1. The molecule has 21 heavy (non-hydrogen) atoms. The molecule has 0 aromatic carbocycles. The summed E-state index contributed by atoms with van der Waals surface area (Å²) in [5, 5.41) is 11.9. The third-order valence-electron chi connectivity index (χ3n) is 4.39. The normalized spacial score (nSPS) is 26.0. The van der Waals surface area contributed by atoms with Crippen molar-refractivity contribution in [3.8, 4) is 0 Å². The fraction of sp³-hybridized carbons (Fsp3) is 0.857. The van der Waals surface area contributed by atoms with E-state index in [0.717, 1.165) is 52.2 Å². The number of nitrogens with zero attached hydrogens (tertiary/aromatic N) is 3. The lowest BCUT2D eigenvalue weighted by atomic mass is 10.0. The molecular weight excluding hydrogens is 272 g/mol. The largest absolute Gasteiger partial charge is 0.409 e. The third kappa shape index (κ3) is 3.85. The van der Waals surface area contributed by atoms with Gasteiger partial charge in [-0.15, -0.1) is 0 Å². The Bertz CT molecular complexity index is 382. The summed E-state index contributed by atoms with van der Waals surface area (Å²) in [6, 6.07) is 0.410. The van der Waals surface area contributed by atoms with Gasteiger partial charge in [0.05, 0.1) is 19.1 Å². The summed E-state index contributed by atoms with van der Waals surface area (Å²) >= 11 is 0. The van der Waals surface area contributed by atoms with Gasteiger partial charge in [-0.25, -0.2) is 0 Å². The molecule has 7 nitrogen and oxygen atoms in total. The zero-order valence-electron chi connectivity index (χ0n) is 12.7. The Morgan fingerprint density at radius 2 is 2.14 bits per heavy atom. The molecule has 2 fully saturated rings. The maximum Gasteiger partial charge on any atom is 0.233 e. The summed E-state index contributed by atoms with van der Waals surface area (Å²) < 4.78 is 5.37. The zero-order valence-corrected chi connectivity index (χ0v) is 12.7. The van der Waals surface area contributed by atoms with Gasteiger partial charge in [-0.05, 0) is 12.8 Å². The van der Waals surface area contributed by atoms with Crippen molar-refractivity contribution in [3.05, 3.63) is 0 Å². The van der Waals surface area contributed by atoms with E-state index in [1.165, 1.54) is 0 Å². The summed E-state index contributed by atoms with van der Waals surface area (Å²) in [6.45, 7) is 6.89. The molecule has 2 aliphatic heterocycles.